The summed E-state index contributed by atoms with van der Waals surface area (Å²) in [5, 5.41) is 9.87. The van der Waals surface area contributed by atoms with Crippen LogP contribution in [-0.4, -0.2) is 18.2 Å². The van der Waals surface area contributed by atoms with E-state index in [0.717, 1.165) is 48.1 Å². The van der Waals surface area contributed by atoms with Crippen LogP contribution in [-0.2, 0) is 10.2 Å². The molecule has 1 aliphatic rings. The molecule has 22 heavy (non-hydrogen) atoms. The highest BCUT2D eigenvalue weighted by Gasteiger charge is 2.43. The Morgan fingerprint density at radius 1 is 1.09 bits per heavy atom. The van der Waals surface area contributed by atoms with Crippen molar-refractivity contribution in [2.24, 2.45) is 0 Å². The molecule has 1 N–H and O–H groups in total. The third-order valence-electron chi connectivity index (χ3n) is 5.01. The first-order chi connectivity index (χ1) is 10.3. The molecule has 0 amide bonds. The Hall–Kier alpha value is -1.51. The van der Waals surface area contributed by atoms with Crippen molar-refractivity contribution < 1.29 is 14.6 Å². The van der Waals surface area contributed by atoms with Gasteiger partial charge in [0.05, 0.1) is 12.5 Å². The molecule has 0 unspecified atom stereocenters. The van der Waals surface area contributed by atoms with Crippen molar-refractivity contribution >= 4 is 5.97 Å². The summed E-state index contributed by atoms with van der Waals surface area (Å²) in [6.07, 6.45) is 3.46. The number of rotatable bonds is 5. The predicted octanol–water partition coefficient (Wildman–Crippen LogP) is 4.84. The Kier molecular flexibility index (Phi) is 4.84. The molecule has 1 fully saturated rings. The van der Waals surface area contributed by atoms with Gasteiger partial charge >= 0.3 is 5.97 Å². The maximum atomic E-state index is 12.0. The zero-order valence-electron chi connectivity index (χ0n) is 14.4. The summed E-state index contributed by atoms with van der Waals surface area (Å²) in [5.41, 5.74) is 2.50. The molecule has 0 aliphatic heterocycles. The molecule has 0 heterocycles. The highest BCUT2D eigenvalue weighted by molar-refractivity contribution is 5.82. The zero-order chi connectivity index (χ0) is 16.5. The second-order valence-corrected chi connectivity index (χ2v) is 7.09. The number of hydrogen-bond donors (Lipinski definition) is 1. The van der Waals surface area contributed by atoms with Crippen molar-refractivity contribution in [3.05, 3.63) is 28.8 Å². The second-order valence-electron chi connectivity index (χ2n) is 7.09. The summed E-state index contributed by atoms with van der Waals surface area (Å²) in [4.78, 5) is 12.0. The largest absolute Gasteiger partial charge is 0.496 e. The number of carboxylic acid groups (broad SMARTS) is 1. The third kappa shape index (κ3) is 2.73. The molecule has 0 atom stereocenters. The fraction of sp³-hybridized carbons (Fsp3) is 0.632. The fourth-order valence-corrected chi connectivity index (χ4v) is 3.65. The number of carbonyl (C=O) groups is 1. The Morgan fingerprint density at radius 2 is 1.55 bits per heavy atom. The average molecular weight is 304 g/mol. The Bertz CT molecular complexity index is 523. The second kappa shape index (κ2) is 6.31. The van der Waals surface area contributed by atoms with Gasteiger partial charge in [-0.15, -0.1) is 0 Å². The third-order valence-corrected chi connectivity index (χ3v) is 5.01. The number of ether oxygens (including phenoxy) is 1. The molecule has 0 spiro atoms. The number of methoxy groups -OCH3 is 1. The quantitative estimate of drug-likeness (QED) is 0.846. The van der Waals surface area contributed by atoms with Crippen LogP contribution in [0.2, 0.25) is 0 Å². The summed E-state index contributed by atoms with van der Waals surface area (Å²) < 4.78 is 5.66. The maximum absolute atomic E-state index is 12.0. The molecule has 0 saturated heterocycles. The summed E-state index contributed by atoms with van der Waals surface area (Å²) >= 11 is 0. The van der Waals surface area contributed by atoms with Gasteiger partial charge in [-0.05, 0) is 41.4 Å². The summed E-state index contributed by atoms with van der Waals surface area (Å²) in [5.74, 6) is 0.853. The standard InChI is InChI=1S/C19H28O3/c1-12(2)15-10-14(11-16(13(3)4)17(15)22-5)19(18(20)21)8-6-7-9-19/h10-13H,6-9H2,1-5H3,(H,20,21). The van der Waals surface area contributed by atoms with Gasteiger partial charge in [0.2, 0.25) is 0 Å². The van der Waals surface area contributed by atoms with Gasteiger partial charge < -0.3 is 9.84 Å². The van der Waals surface area contributed by atoms with Crippen LogP contribution >= 0.6 is 0 Å². The first-order valence-electron chi connectivity index (χ1n) is 8.29. The lowest BCUT2D eigenvalue weighted by molar-refractivity contribution is -0.143. The van der Waals surface area contributed by atoms with Crippen LogP contribution < -0.4 is 4.74 Å². The topological polar surface area (TPSA) is 46.5 Å². The van der Waals surface area contributed by atoms with E-state index < -0.39 is 11.4 Å². The van der Waals surface area contributed by atoms with Crippen molar-refractivity contribution in [2.45, 2.75) is 70.6 Å². The smallest absolute Gasteiger partial charge is 0.314 e. The van der Waals surface area contributed by atoms with Crippen molar-refractivity contribution in [1.29, 1.82) is 0 Å². The molecule has 2 rings (SSSR count). The van der Waals surface area contributed by atoms with Crippen LogP contribution in [0.4, 0.5) is 0 Å². The number of hydrogen-bond acceptors (Lipinski definition) is 2. The molecule has 3 nitrogen and oxygen atoms in total. The highest BCUT2D eigenvalue weighted by Crippen LogP contribution is 2.45. The monoisotopic (exact) mass is 304 g/mol. The molecular formula is C19H28O3. The van der Waals surface area contributed by atoms with E-state index in [1.807, 2.05) is 0 Å². The summed E-state index contributed by atoms with van der Waals surface area (Å²) in [6, 6.07) is 4.16. The van der Waals surface area contributed by atoms with Crippen molar-refractivity contribution in [3.8, 4) is 5.75 Å². The summed E-state index contributed by atoms with van der Waals surface area (Å²) in [7, 11) is 1.70. The molecule has 1 aromatic rings. The highest BCUT2D eigenvalue weighted by atomic mass is 16.5. The lowest BCUT2D eigenvalue weighted by atomic mass is 9.76. The number of aliphatic carboxylic acids is 1. The molecular weight excluding hydrogens is 276 g/mol. The predicted molar refractivity (Wildman–Crippen MR) is 89.0 cm³/mol. The summed E-state index contributed by atoms with van der Waals surface area (Å²) in [6.45, 7) is 8.53. The van der Waals surface area contributed by atoms with Crippen LogP contribution in [0.3, 0.4) is 0 Å². The first-order valence-corrected chi connectivity index (χ1v) is 8.29. The maximum Gasteiger partial charge on any atom is 0.314 e. The van der Waals surface area contributed by atoms with E-state index in [4.69, 9.17) is 4.74 Å². The minimum atomic E-state index is -0.709. The van der Waals surface area contributed by atoms with E-state index in [1.54, 1.807) is 7.11 Å². The van der Waals surface area contributed by atoms with E-state index >= 15 is 0 Å². The van der Waals surface area contributed by atoms with Gasteiger partial charge in [-0.2, -0.15) is 0 Å². The Balaban J connectivity index is 2.69. The molecule has 122 valence electrons. The molecule has 1 aliphatic carbocycles. The molecule has 1 aromatic carbocycles. The van der Waals surface area contributed by atoms with E-state index in [0.29, 0.717) is 11.8 Å². The van der Waals surface area contributed by atoms with Crippen molar-refractivity contribution in [3.63, 3.8) is 0 Å². The lowest BCUT2D eigenvalue weighted by Crippen LogP contribution is -2.33. The van der Waals surface area contributed by atoms with Gasteiger partial charge in [0.1, 0.15) is 5.75 Å². The van der Waals surface area contributed by atoms with Gasteiger partial charge in [0, 0.05) is 0 Å². The lowest BCUT2D eigenvalue weighted by Gasteiger charge is -2.28. The van der Waals surface area contributed by atoms with Crippen LogP contribution in [0, 0.1) is 0 Å². The van der Waals surface area contributed by atoms with Gasteiger partial charge in [-0.25, -0.2) is 0 Å². The van der Waals surface area contributed by atoms with E-state index in [1.165, 1.54) is 0 Å². The Morgan fingerprint density at radius 3 is 1.86 bits per heavy atom. The minimum Gasteiger partial charge on any atom is -0.496 e. The van der Waals surface area contributed by atoms with Crippen LogP contribution in [0.1, 0.15) is 81.9 Å². The fourth-order valence-electron chi connectivity index (χ4n) is 3.65. The molecule has 0 aromatic heterocycles. The number of carboxylic acids is 1. The van der Waals surface area contributed by atoms with Crippen molar-refractivity contribution in [1.82, 2.24) is 0 Å². The minimum absolute atomic E-state index is 0.305. The normalized spacial score (nSPS) is 17.2. The molecule has 0 radical (unpaired) electrons. The molecule has 3 heteroatoms. The first kappa shape index (κ1) is 16.9. The van der Waals surface area contributed by atoms with Crippen LogP contribution in [0.25, 0.3) is 0 Å². The van der Waals surface area contributed by atoms with E-state index in [-0.39, 0.29) is 0 Å². The van der Waals surface area contributed by atoms with Gasteiger partial charge in [-0.1, -0.05) is 52.7 Å². The van der Waals surface area contributed by atoms with Gasteiger partial charge in [0.25, 0.3) is 0 Å². The Labute approximate surface area is 133 Å². The average Bonchev–Trinajstić information content (AvgIpc) is 2.96. The van der Waals surface area contributed by atoms with Crippen LogP contribution in [0.15, 0.2) is 12.1 Å². The number of benzene rings is 1. The molecule has 0 bridgehead atoms. The van der Waals surface area contributed by atoms with Gasteiger partial charge in [-0.3, -0.25) is 4.79 Å². The van der Waals surface area contributed by atoms with Crippen molar-refractivity contribution in [2.75, 3.05) is 7.11 Å². The molecule has 1 saturated carbocycles. The van der Waals surface area contributed by atoms with Crippen LogP contribution in [0.5, 0.6) is 5.75 Å². The van der Waals surface area contributed by atoms with E-state index in [2.05, 4.69) is 39.8 Å². The zero-order valence-corrected chi connectivity index (χ0v) is 14.4. The van der Waals surface area contributed by atoms with E-state index in [9.17, 15) is 9.90 Å². The SMILES string of the molecule is COc1c(C(C)C)cc(C2(C(=O)O)CCCC2)cc1C(C)C. The van der Waals surface area contributed by atoms with Gasteiger partial charge in [0.15, 0.2) is 0 Å².